The predicted octanol–water partition coefficient (Wildman–Crippen LogP) is 3.92. The summed E-state index contributed by atoms with van der Waals surface area (Å²) in [6.45, 7) is 3.09. The Bertz CT molecular complexity index is 474. The maximum Gasteiger partial charge on any atom is 0.115 e. The molecular formula is C17H20BrNO. The Balaban J connectivity index is 2.02. The van der Waals surface area contributed by atoms with Gasteiger partial charge in [-0.1, -0.05) is 47.1 Å². The van der Waals surface area contributed by atoms with Gasteiger partial charge in [-0.05, 0) is 54.8 Å². The Labute approximate surface area is 129 Å². The summed E-state index contributed by atoms with van der Waals surface area (Å²) in [6.07, 6.45) is 1.96. The van der Waals surface area contributed by atoms with Crippen LogP contribution < -0.4 is 5.32 Å². The highest BCUT2D eigenvalue weighted by Crippen LogP contribution is 2.15. The van der Waals surface area contributed by atoms with Crippen LogP contribution in [-0.2, 0) is 12.8 Å². The molecule has 1 atom stereocenters. The van der Waals surface area contributed by atoms with E-state index in [0.717, 1.165) is 23.9 Å². The van der Waals surface area contributed by atoms with Crippen LogP contribution in [0.2, 0.25) is 0 Å². The van der Waals surface area contributed by atoms with Gasteiger partial charge in [-0.25, -0.2) is 0 Å². The molecule has 0 aliphatic carbocycles. The molecule has 0 amide bonds. The van der Waals surface area contributed by atoms with Gasteiger partial charge in [0.1, 0.15) is 5.75 Å². The molecule has 0 bridgehead atoms. The number of aromatic hydroxyl groups is 1. The number of benzene rings is 2. The smallest absolute Gasteiger partial charge is 0.115 e. The SMILES string of the molecule is CCNC(Cc1ccc(O)cc1)Cc1ccc(Br)cc1. The summed E-state index contributed by atoms with van der Waals surface area (Å²) in [5.74, 6) is 0.321. The van der Waals surface area contributed by atoms with Gasteiger partial charge in [-0.3, -0.25) is 0 Å². The third kappa shape index (κ3) is 4.66. The molecule has 2 rings (SSSR count). The Morgan fingerprint density at radius 2 is 1.45 bits per heavy atom. The van der Waals surface area contributed by atoms with Crippen molar-refractivity contribution in [3.05, 3.63) is 64.1 Å². The van der Waals surface area contributed by atoms with Crippen molar-refractivity contribution in [3.63, 3.8) is 0 Å². The minimum atomic E-state index is 0.321. The van der Waals surface area contributed by atoms with Gasteiger partial charge in [0.2, 0.25) is 0 Å². The molecule has 0 aliphatic rings. The number of phenols is 1. The molecule has 20 heavy (non-hydrogen) atoms. The molecule has 1 unspecified atom stereocenters. The van der Waals surface area contributed by atoms with E-state index in [1.807, 2.05) is 12.1 Å². The van der Waals surface area contributed by atoms with E-state index in [4.69, 9.17) is 0 Å². The second-order valence-electron chi connectivity index (χ2n) is 4.96. The van der Waals surface area contributed by atoms with Gasteiger partial charge < -0.3 is 10.4 Å². The van der Waals surface area contributed by atoms with E-state index < -0.39 is 0 Å². The maximum atomic E-state index is 9.34. The predicted molar refractivity (Wildman–Crippen MR) is 87.1 cm³/mol. The minimum Gasteiger partial charge on any atom is -0.508 e. The molecule has 0 saturated heterocycles. The van der Waals surface area contributed by atoms with Crippen LogP contribution in [-0.4, -0.2) is 17.7 Å². The zero-order valence-electron chi connectivity index (χ0n) is 11.6. The van der Waals surface area contributed by atoms with Gasteiger partial charge >= 0.3 is 0 Å². The van der Waals surface area contributed by atoms with Crippen LogP contribution >= 0.6 is 15.9 Å². The second-order valence-corrected chi connectivity index (χ2v) is 5.87. The molecule has 0 aromatic heterocycles. The van der Waals surface area contributed by atoms with E-state index in [9.17, 15) is 5.11 Å². The van der Waals surface area contributed by atoms with Gasteiger partial charge in [0, 0.05) is 10.5 Å². The summed E-state index contributed by atoms with van der Waals surface area (Å²) >= 11 is 3.46. The second kappa shape index (κ2) is 7.46. The van der Waals surface area contributed by atoms with Crippen molar-refractivity contribution < 1.29 is 5.11 Å². The summed E-state index contributed by atoms with van der Waals surface area (Å²) in [4.78, 5) is 0. The van der Waals surface area contributed by atoms with Crippen LogP contribution in [0, 0.1) is 0 Å². The highest BCUT2D eigenvalue weighted by molar-refractivity contribution is 9.10. The topological polar surface area (TPSA) is 32.3 Å². The monoisotopic (exact) mass is 333 g/mol. The number of nitrogens with one attached hydrogen (secondary N) is 1. The number of hydrogen-bond donors (Lipinski definition) is 2. The van der Waals surface area contributed by atoms with E-state index in [-0.39, 0.29) is 0 Å². The molecule has 0 spiro atoms. The first-order valence-electron chi connectivity index (χ1n) is 6.93. The van der Waals surface area contributed by atoms with E-state index >= 15 is 0 Å². The highest BCUT2D eigenvalue weighted by Gasteiger charge is 2.09. The third-order valence-corrected chi connectivity index (χ3v) is 3.84. The van der Waals surface area contributed by atoms with Gasteiger partial charge in [-0.2, -0.15) is 0 Å². The fourth-order valence-corrected chi connectivity index (χ4v) is 2.59. The fraction of sp³-hybridized carbons (Fsp3) is 0.294. The summed E-state index contributed by atoms with van der Waals surface area (Å²) in [5.41, 5.74) is 2.57. The molecule has 2 nitrogen and oxygen atoms in total. The zero-order chi connectivity index (χ0) is 14.4. The molecule has 2 aromatic rings. The van der Waals surface area contributed by atoms with E-state index in [1.54, 1.807) is 12.1 Å². The van der Waals surface area contributed by atoms with Crippen molar-refractivity contribution in [1.29, 1.82) is 0 Å². The summed E-state index contributed by atoms with van der Waals surface area (Å²) in [5, 5.41) is 12.9. The lowest BCUT2D eigenvalue weighted by atomic mass is 9.99. The number of phenolic OH excluding ortho intramolecular Hbond substituents is 1. The first-order chi connectivity index (χ1) is 9.67. The molecule has 106 valence electrons. The van der Waals surface area contributed by atoms with Gasteiger partial charge in [0.05, 0.1) is 0 Å². The quantitative estimate of drug-likeness (QED) is 0.839. The Morgan fingerprint density at radius 3 is 1.95 bits per heavy atom. The van der Waals surface area contributed by atoms with Crippen LogP contribution in [0.15, 0.2) is 53.0 Å². The molecule has 3 heteroatoms. The summed E-state index contributed by atoms with van der Waals surface area (Å²) < 4.78 is 1.11. The average Bonchev–Trinajstić information content (AvgIpc) is 2.44. The van der Waals surface area contributed by atoms with Crippen LogP contribution in [0.25, 0.3) is 0 Å². The van der Waals surface area contributed by atoms with Crippen molar-refractivity contribution in [1.82, 2.24) is 5.32 Å². The molecule has 0 saturated carbocycles. The van der Waals surface area contributed by atoms with Gasteiger partial charge in [0.25, 0.3) is 0 Å². The van der Waals surface area contributed by atoms with Crippen molar-refractivity contribution in [2.45, 2.75) is 25.8 Å². The van der Waals surface area contributed by atoms with Crippen molar-refractivity contribution in [3.8, 4) is 5.75 Å². The third-order valence-electron chi connectivity index (χ3n) is 3.31. The number of hydrogen-bond acceptors (Lipinski definition) is 2. The number of halogens is 1. The minimum absolute atomic E-state index is 0.321. The zero-order valence-corrected chi connectivity index (χ0v) is 13.2. The lowest BCUT2D eigenvalue weighted by Crippen LogP contribution is -2.33. The first-order valence-corrected chi connectivity index (χ1v) is 7.72. The summed E-state index contributed by atoms with van der Waals surface area (Å²) in [6, 6.07) is 16.4. The first kappa shape index (κ1) is 15.1. The van der Waals surface area contributed by atoms with Crippen LogP contribution in [0.1, 0.15) is 18.1 Å². The molecule has 0 heterocycles. The molecule has 2 N–H and O–H groups in total. The molecule has 0 fully saturated rings. The number of likely N-dealkylation sites (N-methyl/N-ethyl adjacent to an activating group) is 1. The standard InChI is InChI=1S/C17H20BrNO/c1-2-19-16(11-13-3-7-15(18)8-4-13)12-14-5-9-17(20)10-6-14/h3-10,16,19-20H,2,11-12H2,1H3. The van der Waals surface area contributed by atoms with Crippen LogP contribution in [0.5, 0.6) is 5.75 Å². The molecule has 2 aromatic carbocycles. The molecule has 0 radical (unpaired) electrons. The van der Waals surface area contributed by atoms with E-state index in [0.29, 0.717) is 11.8 Å². The average molecular weight is 334 g/mol. The molecule has 0 aliphatic heterocycles. The lowest BCUT2D eigenvalue weighted by Gasteiger charge is -2.18. The Morgan fingerprint density at radius 1 is 0.950 bits per heavy atom. The Kier molecular flexibility index (Phi) is 5.62. The fourth-order valence-electron chi connectivity index (χ4n) is 2.33. The van der Waals surface area contributed by atoms with Crippen molar-refractivity contribution in [2.75, 3.05) is 6.54 Å². The van der Waals surface area contributed by atoms with Gasteiger partial charge in [0.15, 0.2) is 0 Å². The highest BCUT2D eigenvalue weighted by atomic mass is 79.9. The van der Waals surface area contributed by atoms with Crippen LogP contribution in [0.4, 0.5) is 0 Å². The lowest BCUT2D eigenvalue weighted by molar-refractivity contribution is 0.474. The Hall–Kier alpha value is -1.32. The molecular weight excluding hydrogens is 314 g/mol. The van der Waals surface area contributed by atoms with Gasteiger partial charge in [-0.15, -0.1) is 0 Å². The van der Waals surface area contributed by atoms with Crippen molar-refractivity contribution >= 4 is 15.9 Å². The normalized spacial score (nSPS) is 12.3. The summed E-state index contributed by atoms with van der Waals surface area (Å²) in [7, 11) is 0. The van der Waals surface area contributed by atoms with Crippen LogP contribution in [0.3, 0.4) is 0 Å². The van der Waals surface area contributed by atoms with E-state index in [2.05, 4.69) is 52.4 Å². The van der Waals surface area contributed by atoms with Crippen molar-refractivity contribution in [2.24, 2.45) is 0 Å². The number of rotatable bonds is 6. The largest absolute Gasteiger partial charge is 0.508 e. The van der Waals surface area contributed by atoms with E-state index in [1.165, 1.54) is 11.1 Å². The maximum absolute atomic E-state index is 9.34.